The molecule has 0 spiro atoms. The maximum Gasteiger partial charge on any atom is 0.270 e. The van der Waals surface area contributed by atoms with E-state index in [9.17, 15) is 16.8 Å². The molecule has 0 fully saturated rings. The van der Waals surface area contributed by atoms with Crippen molar-refractivity contribution in [1.29, 1.82) is 0 Å². The Morgan fingerprint density at radius 1 is 1.05 bits per heavy atom. The van der Waals surface area contributed by atoms with Gasteiger partial charge in [-0.3, -0.25) is 8.74 Å². The highest BCUT2D eigenvalue weighted by Gasteiger charge is 2.26. The maximum atomic E-state index is 11.3. The molecule has 0 radical (unpaired) electrons. The molecule has 0 aliphatic rings. The topological polar surface area (TPSA) is 158 Å². The first kappa shape index (κ1) is 18.7. The molecule has 0 heterocycles. The zero-order chi connectivity index (χ0) is 15.1. The Morgan fingerprint density at radius 3 is 2.05 bits per heavy atom. The van der Waals surface area contributed by atoms with Crippen LogP contribution < -0.4 is 0 Å². The van der Waals surface area contributed by atoms with Crippen LogP contribution in [-0.2, 0) is 24.4 Å². The smallest absolute Gasteiger partial charge is 0.270 e. The molecule has 0 aromatic carbocycles. The van der Waals surface area contributed by atoms with Crippen molar-refractivity contribution < 1.29 is 40.9 Å². The maximum absolute atomic E-state index is 11.3. The molecule has 0 aliphatic carbocycles. The Hall–Kier alpha value is -0.300. The van der Waals surface area contributed by atoms with Gasteiger partial charge in [0.25, 0.3) is 20.2 Å². The summed E-state index contributed by atoms with van der Waals surface area (Å²) in [5.74, 6) is -0.605. The lowest BCUT2D eigenvalue weighted by Gasteiger charge is -2.13. The molecular formula is C8H18O9S2. The molecule has 0 aromatic heterocycles. The lowest BCUT2D eigenvalue weighted by molar-refractivity contribution is 0.0922. The van der Waals surface area contributed by atoms with Crippen molar-refractivity contribution in [3.8, 4) is 0 Å². The highest BCUT2D eigenvalue weighted by Crippen LogP contribution is 2.08. The van der Waals surface area contributed by atoms with E-state index in [1.54, 1.807) is 0 Å². The highest BCUT2D eigenvalue weighted by molar-refractivity contribution is 7.87. The summed E-state index contributed by atoms with van der Waals surface area (Å²) in [4.78, 5) is 0. The molecule has 0 rings (SSSR count). The third kappa shape index (κ3) is 8.47. The summed E-state index contributed by atoms with van der Waals surface area (Å²) in [6.07, 6.45) is -1.85. The monoisotopic (exact) mass is 322 g/mol. The summed E-state index contributed by atoms with van der Waals surface area (Å²) in [6.45, 7) is -1.98. The van der Waals surface area contributed by atoms with Crippen LogP contribution >= 0.6 is 0 Å². The quantitative estimate of drug-likeness (QED) is 0.256. The summed E-state index contributed by atoms with van der Waals surface area (Å²) in [6, 6.07) is 0. The normalized spacial score (nSPS) is 16.2. The van der Waals surface area contributed by atoms with Gasteiger partial charge in [0.15, 0.2) is 0 Å². The van der Waals surface area contributed by atoms with Crippen molar-refractivity contribution in [1.82, 2.24) is 0 Å². The molecule has 0 saturated heterocycles. The molecule has 4 N–H and O–H groups in total. The molecule has 2 atom stereocenters. The van der Waals surface area contributed by atoms with Gasteiger partial charge >= 0.3 is 0 Å². The SMILES string of the molecule is O=S(=O)(CCC(O)CO)OCC(CCO)S(=O)(=O)O. The third-order valence-corrected chi connectivity index (χ3v) is 4.66. The van der Waals surface area contributed by atoms with E-state index in [1.807, 2.05) is 0 Å². The van der Waals surface area contributed by atoms with Crippen molar-refractivity contribution in [2.75, 3.05) is 25.6 Å². The summed E-state index contributed by atoms with van der Waals surface area (Å²) < 4.78 is 57.5. The molecule has 11 heteroatoms. The van der Waals surface area contributed by atoms with Crippen molar-refractivity contribution in [3.63, 3.8) is 0 Å². The molecule has 0 saturated carbocycles. The van der Waals surface area contributed by atoms with Gasteiger partial charge in [-0.25, -0.2) is 0 Å². The number of hydrogen-bond donors (Lipinski definition) is 4. The average Bonchev–Trinajstić information content (AvgIpc) is 2.30. The lowest BCUT2D eigenvalue weighted by atomic mass is 10.3. The zero-order valence-electron chi connectivity index (χ0n) is 10.0. The first-order chi connectivity index (χ1) is 8.62. The second-order valence-corrected chi connectivity index (χ2v) is 7.28. The molecule has 2 unspecified atom stereocenters. The fourth-order valence-corrected chi connectivity index (χ4v) is 2.85. The largest absolute Gasteiger partial charge is 0.396 e. The second kappa shape index (κ2) is 8.09. The summed E-state index contributed by atoms with van der Waals surface area (Å²) in [7, 11) is -8.61. The predicted molar refractivity (Wildman–Crippen MR) is 64.5 cm³/mol. The number of aliphatic hydroxyl groups is 3. The van der Waals surface area contributed by atoms with E-state index in [-0.39, 0.29) is 12.8 Å². The number of aliphatic hydroxyl groups excluding tert-OH is 3. The minimum absolute atomic E-state index is 0.268. The first-order valence-corrected chi connectivity index (χ1v) is 8.43. The molecule has 0 aromatic rings. The van der Waals surface area contributed by atoms with Gasteiger partial charge < -0.3 is 15.3 Å². The van der Waals surface area contributed by atoms with Gasteiger partial charge in [-0.15, -0.1) is 0 Å². The third-order valence-electron chi connectivity index (χ3n) is 2.22. The lowest BCUT2D eigenvalue weighted by Crippen LogP contribution is -2.29. The standard InChI is InChI=1S/C8H18O9S2/c9-3-1-8(19(14,15)16)6-17-18(12,13)4-2-7(11)5-10/h7-11H,1-6H2,(H,14,15,16). The van der Waals surface area contributed by atoms with Gasteiger partial charge in [-0.2, -0.15) is 16.8 Å². The van der Waals surface area contributed by atoms with E-state index in [1.165, 1.54) is 0 Å². The highest BCUT2D eigenvalue weighted by atomic mass is 32.2. The average molecular weight is 322 g/mol. The van der Waals surface area contributed by atoms with Crippen LogP contribution in [0.5, 0.6) is 0 Å². The Kier molecular flexibility index (Phi) is 7.96. The van der Waals surface area contributed by atoms with Crippen LogP contribution in [0.1, 0.15) is 12.8 Å². The van der Waals surface area contributed by atoms with Gasteiger partial charge in [-0.1, -0.05) is 0 Å². The van der Waals surface area contributed by atoms with Crippen LogP contribution in [0.25, 0.3) is 0 Å². The van der Waals surface area contributed by atoms with E-state index in [0.29, 0.717) is 0 Å². The summed E-state index contributed by atoms with van der Waals surface area (Å²) >= 11 is 0. The summed E-state index contributed by atoms with van der Waals surface area (Å²) in [5, 5.41) is 24.5. The minimum atomic E-state index is -4.52. The van der Waals surface area contributed by atoms with E-state index < -0.39 is 57.2 Å². The zero-order valence-corrected chi connectivity index (χ0v) is 11.7. The molecule has 0 bridgehead atoms. The molecule has 0 amide bonds. The van der Waals surface area contributed by atoms with Gasteiger partial charge in [-0.05, 0) is 12.8 Å². The van der Waals surface area contributed by atoms with Crippen molar-refractivity contribution >= 4 is 20.2 Å². The molecular weight excluding hydrogens is 304 g/mol. The van der Waals surface area contributed by atoms with Crippen LogP contribution in [0.3, 0.4) is 0 Å². The van der Waals surface area contributed by atoms with Crippen molar-refractivity contribution in [2.45, 2.75) is 24.2 Å². The molecule has 19 heavy (non-hydrogen) atoms. The Morgan fingerprint density at radius 2 is 1.63 bits per heavy atom. The Balaban J connectivity index is 4.42. The van der Waals surface area contributed by atoms with Crippen molar-refractivity contribution in [3.05, 3.63) is 0 Å². The second-order valence-electron chi connectivity index (χ2n) is 3.82. The molecule has 9 nitrogen and oxygen atoms in total. The fourth-order valence-electron chi connectivity index (χ4n) is 1.07. The molecule has 116 valence electrons. The van der Waals surface area contributed by atoms with Crippen LogP contribution in [0, 0.1) is 0 Å². The van der Waals surface area contributed by atoms with E-state index in [4.69, 9.17) is 19.9 Å². The van der Waals surface area contributed by atoms with Gasteiger partial charge in [0.05, 0.1) is 25.1 Å². The van der Waals surface area contributed by atoms with Crippen LogP contribution in [-0.4, -0.2) is 73.6 Å². The van der Waals surface area contributed by atoms with Crippen LogP contribution in [0.15, 0.2) is 0 Å². The predicted octanol–water partition coefficient (Wildman–Crippen LogP) is -2.29. The minimum Gasteiger partial charge on any atom is -0.396 e. The number of rotatable bonds is 10. The summed E-state index contributed by atoms with van der Waals surface area (Å²) in [5.41, 5.74) is 0. The van der Waals surface area contributed by atoms with Crippen LogP contribution in [0.2, 0.25) is 0 Å². The van der Waals surface area contributed by atoms with E-state index in [2.05, 4.69) is 4.18 Å². The van der Waals surface area contributed by atoms with Gasteiger partial charge in [0.2, 0.25) is 0 Å². The van der Waals surface area contributed by atoms with Gasteiger partial charge in [0.1, 0.15) is 5.25 Å². The fraction of sp³-hybridized carbons (Fsp3) is 1.00. The first-order valence-electron chi connectivity index (χ1n) is 5.35. The van der Waals surface area contributed by atoms with E-state index in [0.717, 1.165) is 0 Å². The van der Waals surface area contributed by atoms with E-state index >= 15 is 0 Å². The molecule has 0 aliphatic heterocycles. The Labute approximate surface area is 111 Å². The van der Waals surface area contributed by atoms with Crippen LogP contribution in [0.4, 0.5) is 0 Å². The Bertz CT molecular complexity index is 441. The van der Waals surface area contributed by atoms with Crippen molar-refractivity contribution in [2.24, 2.45) is 0 Å². The number of hydrogen-bond acceptors (Lipinski definition) is 8. The van der Waals surface area contributed by atoms with Gasteiger partial charge in [0, 0.05) is 6.61 Å².